The second kappa shape index (κ2) is 10.2. The molecule has 2 aliphatic rings. The van der Waals surface area contributed by atoms with Crippen LogP contribution in [0.25, 0.3) is 5.52 Å². The summed E-state index contributed by atoms with van der Waals surface area (Å²) < 4.78 is 13.1. The van der Waals surface area contributed by atoms with Crippen molar-refractivity contribution in [1.29, 1.82) is 0 Å². The molecule has 0 saturated heterocycles. The minimum Gasteiger partial charge on any atom is -0.487 e. The van der Waals surface area contributed by atoms with Crippen LogP contribution in [0, 0.1) is 5.92 Å². The number of carbonyl (C=O) groups excluding carboxylic acids is 2. The van der Waals surface area contributed by atoms with Gasteiger partial charge in [-0.25, -0.2) is 4.98 Å². The Kier molecular flexibility index (Phi) is 6.89. The number of hydrogen-bond acceptors (Lipinski definition) is 5. The van der Waals surface area contributed by atoms with Gasteiger partial charge in [-0.05, 0) is 86.1 Å². The summed E-state index contributed by atoms with van der Waals surface area (Å²) in [6.07, 6.45) is 10.4. The summed E-state index contributed by atoms with van der Waals surface area (Å²) in [6.45, 7) is 3.69. The molecule has 0 amide bonds. The molecule has 3 aromatic rings. The van der Waals surface area contributed by atoms with Crippen LogP contribution >= 0.6 is 0 Å². The number of Topliss-reactive ketones (excluding diaryl/α,β-unsaturated/α-hetero) is 1. The highest BCUT2D eigenvalue weighted by atomic mass is 16.6. The highest BCUT2D eigenvalue weighted by Crippen LogP contribution is 2.44. The fourth-order valence-corrected chi connectivity index (χ4v) is 5.33. The fourth-order valence-electron chi connectivity index (χ4n) is 5.33. The minimum atomic E-state index is -0.290. The molecule has 2 saturated carbocycles. The maximum absolute atomic E-state index is 13.7. The standard InChI is InChI=1S/C29H34N2O4/c1-3-25(17-34-19(2)32)35-26-13-10-21(11-14-26)20-4-8-23(9-5-20)29(33)28-27(22-6-7-22)15-12-24-16-30-18-31(24)28/h10-16,18,20,22-23,25H,3-9,17H2,1-2H3. The first kappa shape index (κ1) is 23.6. The Morgan fingerprint density at radius 1 is 1.00 bits per heavy atom. The lowest BCUT2D eigenvalue weighted by Gasteiger charge is -2.29. The summed E-state index contributed by atoms with van der Waals surface area (Å²) in [5.41, 5.74) is 4.36. The lowest BCUT2D eigenvalue weighted by Crippen LogP contribution is -2.24. The number of aromatic nitrogens is 2. The van der Waals surface area contributed by atoms with Crippen LogP contribution in [0.5, 0.6) is 5.75 Å². The molecule has 2 aromatic heterocycles. The maximum atomic E-state index is 13.7. The molecule has 1 unspecified atom stereocenters. The molecule has 0 spiro atoms. The molecule has 6 heteroatoms. The summed E-state index contributed by atoms with van der Waals surface area (Å²) >= 11 is 0. The monoisotopic (exact) mass is 474 g/mol. The van der Waals surface area contributed by atoms with E-state index < -0.39 is 0 Å². The second-order valence-corrected chi connectivity index (χ2v) is 10.0. The third-order valence-electron chi connectivity index (χ3n) is 7.55. The van der Waals surface area contributed by atoms with E-state index in [1.54, 1.807) is 6.33 Å². The van der Waals surface area contributed by atoms with Gasteiger partial charge in [0.1, 0.15) is 18.5 Å². The Balaban J connectivity index is 1.21. The maximum Gasteiger partial charge on any atom is 0.302 e. The lowest BCUT2D eigenvalue weighted by molar-refractivity contribution is -0.143. The number of ether oxygens (including phenoxy) is 2. The number of esters is 1. The topological polar surface area (TPSA) is 69.9 Å². The molecule has 35 heavy (non-hydrogen) atoms. The van der Waals surface area contributed by atoms with Gasteiger partial charge in [0.15, 0.2) is 5.78 Å². The third kappa shape index (κ3) is 5.26. The van der Waals surface area contributed by atoms with Gasteiger partial charge in [-0.3, -0.25) is 14.0 Å². The summed E-state index contributed by atoms with van der Waals surface area (Å²) in [4.78, 5) is 29.0. The first-order chi connectivity index (χ1) is 17.0. The first-order valence-electron chi connectivity index (χ1n) is 12.9. The predicted octanol–water partition coefficient (Wildman–Crippen LogP) is 6.09. The SMILES string of the molecule is CCC(COC(C)=O)Oc1ccc(C2CCC(C(=O)c3c(C4CC4)ccc4cncn34)CC2)cc1. The van der Waals surface area contributed by atoms with Crippen molar-refractivity contribution < 1.29 is 19.1 Å². The van der Waals surface area contributed by atoms with Crippen LogP contribution in [0.1, 0.15) is 92.2 Å². The summed E-state index contributed by atoms with van der Waals surface area (Å²) in [6, 6.07) is 12.5. The van der Waals surface area contributed by atoms with Crippen molar-refractivity contribution in [3.63, 3.8) is 0 Å². The van der Waals surface area contributed by atoms with Crippen molar-refractivity contribution in [3.8, 4) is 5.75 Å². The normalized spacial score (nSPS) is 21.0. The van der Waals surface area contributed by atoms with E-state index in [9.17, 15) is 9.59 Å². The number of hydrogen-bond donors (Lipinski definition) is 0. The zero-order valence-electron chi connectivity index (χ0n) is 20.6. The van der Waals surface area contributed by atoms with Gasteiger partial charge in [-0.2, -0.15) is 0 Å². The molecular weight excluding hydrogens is 440 g/mol. The molecule has 1 atom stereocenters. The van der Waals surface area contributed by atoms with Crippen LogP contribution in [0.3, 0.4) is 0 Å². The molecule has 184 valence electrons. The van der Waals surface area contributed by atoms with Gasteiger partial charge in [0, 0.05) is 12.8 Å². The number of nitrogens with zero attached hydrogens (tertiary/aromatic N) is 2. The van der Waals surface area contributed by atoms with Crippen molar-refractivity contribution in [2.24, 2.45) is 5.92 Å². The Hall–Kier alpha value is -3.15. The quantitative estimate of drug-likeness (QED) is 0.277. The Morgan fingerprint density at radius 2 is 1.71 bits per heavy atom. The van der Waals surface area contributed by atoms with Crippen LogP contribution in [0.15, 0.2) is 48.9 Å². The van der Waals surface area contributed by atoms with Crippen LogP contribution in [0.2, 0.25) is 0 Å². The average Bonchev–Trinajstić information content (AvgIpc) is 3.62. The number of pyridine rings is 1. The van der Waals surface area contributed by atoms with E-state index >= 15 is 0 Å². The molecule has 2 aliphatic carbocycles. The Bertz CT molecular complexity index is 1190. The molecule has 2 heterocycles. The zero-order valence-corrected chi connectivity index (χ0v) is 20.6. The number of imidazole rings is 1. The Morgan fingerprint density at radius 3 is 2.37 bits per heavy atom. The van der Waals surface area contributed by atoms with Crippen molar-refractivity contribution in [3.05, 3.63) is 65.7 Å². The van der Waals surface area contributed by atoms with E-state index in [0.717, 1.165) is 49.1 Å². The smallest absolute Gasteiger partial charge is 0.302 e. The van der Waals surface area contributed by atoms with Crippen molar-refractivity contribution in [1.82, 2.24) is 9.38 Å². The highest BCUT2D eigenvalue weighted by Gasteiger charge is 2.34. The van der Waals surface area contributed by atoms with Crippen LogP contribution < -0.4 is 4.74 Å². The number of carbonyl (C=O) groups is 2. The summed E-state index contributed by atoms with van der Waals surface area (Å²) in [5, 5.41) is 0. The van der Waals surface area contributed by atoms with Crippen molar-refractivity contribution in [2.75, 3.05) is 6.61 Å². The zero-order chi connectivity index (χ0) is 24.4. The second-order valence-electron chi connectivity index (χ2n) is 10.0. The molecule has 0 bridgehead atoms. The minimum absolute atomic E-state index is 0.0749. The number of rotatable bonds is 9. The first-order valence-corrected chi connectivity index (χ1v) is 12.9. The van der Waals surface area contributed by atoms with Gasteiger partial charge in [-0.15, -0.1) is 0 Å². The van der Waals surface area contributed by atoms with Crippen LogP contribution in [-0.4, -0.2) is 33.8 Å². The van der Waals surface area contributed by atoms with Crippen LogP contribution in [0.4, 0.5) is 0 Å². The average molecular weight is 475 g/mol. The number of fused-ring (bicyclic) bond motifs is 1. The molecule has 0 radical (unpaired) electrons. The van der Waals surface area contributed by atoms with Gasteiger partial charge in [-0.1, -0.05) is 25.1 Å². The molecule has 5 rings (SSSR count). The number of ketones is 1. The van der Waals surface area contributed by atoms with Gasteiger partial charge >= 0.3 is 5.97 Å². The number of benzene rings is 1. The molecule has 0 aliphatic heterocycles. The van der Waals surface area contributed by atoms with Gasteiger partial charge in [0.2, 0.25) is 0 Å². The summed E-state index contributed by atoms with van der Waals surface area (Å²) in [7, 11) is 0. The molecule has 1 aromatic carbocycles. The van der Waals surface area contributed by atoms with E-state index in [-0.39, 0.29) is 30.4 Å². The van der Waals surface area contributed by atoms with E-state index in [2.05, 4.69) is 29.2 Å². The van der Waals surface area contributed by atoms with Gasteiger partial charge < -0.3 is 9.47 Å². The molecule has 0 N–H and O–H groups in total. The summed E-state index contributed by atoms with van der Waals surface area (Å²) in [5.74, 6) is 1.85. The molecule has 6 nitrogen and oxygen atoms in total. The highest BCUT2D eigenvalue weighted by molar-refractivity contribution is 5.98. The fraction of sp³-hybridized carbons (Fsp3) is 0.483. The van der Waals surface area contributed by atoms with Crippen LogP contribution in [-0.2, 0) is 9.53 Å². The van der Waals surface area contributed by atoms with E-state index in [0.29, 0.717) is 11.8 Å². The molecule has 2 fully saturated rings. The van der Waals surface area contributed by atoms with Crippen molar-refractivity contribution in [2.45, 2.75) is 76.7 Å². The van der Waals surface area contributed by atoms with Gasteiger partial charge in [0.25, 0.3) is 0 Å². The Labute approximate surface area is 206 Å². The van der Waals surface area contributed by atoms with E-state index in [1.807, 2.05) is 29.7 Å². The van der Waals surface area contributed by atoms with Crippen molar-refractivity contribution >= 4 is 17.3 Å². The largest absolute Gasteiger partial charge is 0.487 e. The van der Waals surface area contributed by atoms with Gasteiger partial charge in [0.05, 0.1) is 23.7 Å². The van der Waals surface area contributed by atoms with E-state index in [4.69, 9.17) is 9.47 Å². The lowest BCUT2D eigenvalue weighted by atomic mass is 9.76. The predicted molar refractivity (Wildman–Crippen MR) is 134 cm³/mol. The van der Waals surface area contributed by atoms with E-state index in [1.165, 1.54) is 30.9 Å². The third-order valence-corrected chi connectivity index (χ3v) is 7.55. The molecular formula is C29H34N2O4.